The zero-order chi connectivity index (χ0) is 32.0. The molecule has 252 valence electrons. The van der Waals surface area contributed by atoms with Crippen LogP contribution in [0, 0.1) is 0 Å². The van der Waals surface area contributed by atoms with Crippen molar-refractivity contribution in [1.29, 1.82) is 0 Å². The van der Waals surface area contributed by atoms with Gasteiger partial charge in [-0.1, -0.05) is 6.42 Å². The number of hydroxylamine groups is 2. The van der Waals surface area contributed by atoms with Gasteiger partial charge in [-0.2, -0.15) is 0 Å². The number of urea groups is 1. The minimum atomic E-state index is -1.76. The third kappa shape index (κ3) is 8.47. The van der Waals surface area contributed by atoms with Gasteiger partial charge in [-0.15, -0.1) is 0 Å². The molecule has 15 atom stereocenters. The molecule has 19 nitrogen and oxygen atoms in total. The lowest BCUT2D eigenvalue weighted by Crippen LogP contribution is -2.69. The van der Waals surface area contributed by atoms with E-state index < -0.39 is 104 Å². The molecule has 2 saturated heterocycles. The summed E-state index contributed by atoms with van der Waals surface area (Å²) in [5, 5.41) is 85.9. The number of ether oxygens (including phenoxy) is 4. The Bertz CT molecular complexity index is 865. The highest BCUT2D eigenvalue weighted by atomic mass is 16.7. The van der Waals surface area contributed by atoms with Gasteiger partial charge in [0.15, 0.2) is 12.6 Å². The standard InChI is InChI=1S/C24H48N6O13/c25-4-2-1-3-5-30(39)24(38)29-10-6-9(27)20(42-23-18(36)17(35)15(33)11(7-26)40-23)19(37)21(10)43-22-16(34)13(28)14(32)12(8-31)41-22/h9-23,31-37,39H,1-8,25-28H2,(H,29,38)/t9-,10+,11-,12-,13+,14-,15-,16-,17+,18-,19-,20+,21-,22-,23-/m1/s1. The summed E-state index contributed by atoms with van der Waals surface area (Å²) in [4.78, 5) is 12.8. The number of aliphatic hydroxyl groups excluding tert-OH is 7. The summed E-state index contributed by atoms with van der Waals surface area (Å²) < 4.78 is 22.6. The Labute approximate surface area is 248 Å². The molecule has 43 heavy (non-hydrogen) atoms. The Kier molecular flexibility index (Phi) is 13.7. The van der Waals surface area contributed by atoms with Crippen LogP contribution in [-0.2, 0) is 18.9 Å². The van der Waals surface area contributed by atoms with Crippen molar-refractivity contribution in [2.75, 3.05) is 26.2 Å². The third-order valence-electron chi connectivity index (χ3n) is 8.06. The number of carbonyl (C=O) groups excluding carboxylic acids is 1. The Morgan fingerprint density at radius 3 is 2.07 bits per heavy atom. The molecule has 2 amide bonds. The van der Waals surface area contributed by atoms with Crippen LogP contribution in [0.25, 0.3) is 0 Å². The highest BCUT2D eigenvalue weighted by molar-refractivity contribution is 5.73. The molecule has 0 aromatic rings. The second-order valence-corrected chi connectivity index (χ2v) is 11.2. The molecule has 3 aliphatic rings. The first-order valence-corrected chi connectivity index (χ1v) is 14.3. The summed E-state index contributed by atoms with van der Waals surface area (Å²) in [6.07, 6.45) is -16.5. The second-order valence-electron chi connectivity index (χ2n) is 11.2. The number of unbranched alkanes of at least 4 members (excludes halogenated alkanes) is 2. The Morgan fingerprint density at radius 1 is 0.814 bits per heavy atom. The van der Waals surface area contributed by atoms with Crippen molar-refractivity contribution in [2.45, 2.75) is 117 Å². The van der Waals surface area contributed by atoms with Gasteiger partial charge in [0.1, 0.15) is 61.0 Å². The first-order valence-electron chi connectivity index (χ1n) is 14.3. The van der Waals surface area contributed by atoms with Crippen LogP contribution in [0.2, 0.25) is 0 Å². The first kappa shape index (κ1) is 36.1. The van der Waals surface area contributed by atoms with Gasteiger partial charge in [-0.25, -0.2) is 9.86 Å². The van der Waals surface area contributed by atoms with Gasteiger partial charge in [0.05, 0.1) is 25.2 Å². The molecule has 0 radical (unpaired) electrons. The van der Waals surface area contributed by atoms with E-state index in [1.54, 1.807) is 0 Å². The highest BCUT2D eigenvalue weighted by Gasteiger charge is 2.52. The summed E-state index contributed by atoms with van der Waals surface area (Å²) in [7, 11) is 0. The molecule has 1 saturated carbocycles. The molecule has 2 aliphatic heterocycles. The Morgan fingerprint density at radius 2 is 1.44 bits per heavy atom. The smallest absolute Gasteiger partial charge is 0.341 e. The lowest BCUT2D eigenvalue weighted by Gasteiger charge is -2.48. The fourth-order valence-electron chi connectivity index (χ4n) is 5.42. The van der Waals surface area contributed by atoms with Crippen molar-refractivity contribution in [1.82, 2.24) is 10.4 Å². The van der Waals surface area contributed by atoms with Gasteiger partial charge >= 0.3 is 6.03 Å². The van der Waals surface area contributed by atoms with Crippen molar-refractivity contribution in [2.24, 2.45) is 22.9 Å². The summed E-state index contributed by atoms with van der Waals surface area (Å²) >= 11 is 0. The largest absolute Gasteiger partial charge is 0.394 e. The summed E-state index contributed by atoms with van der Waals surface area (Å²) in [6.45, 7) is -0.474. The molecule has 2 heterocycles. The van der Waals surface area contributed by atoms with Gasteiger partial charge in [0, 0.05) is 12.6 Å². The maximum atomic E-state index is 12.8. The second kappa shape index (κ2) is 16.3. The minimum Gasteiger partial charge on any atom is -0.394 e. The Hall–Kier alpha value is -1.37. The number of nitrogens with zero attached hydrogens (tertiary/aromatic N) is 1. The maximum Gasteiger partial charge on any atom is 0.341 e. The fourth-order valence-corrected chi connectivity index (χ4v) is 5.42. The average Bonchev–Trinajstić information content (AvgIpc) is 2.98. The van der Waals surface area contributed by atoms with Gasteiger partial charge < -0.3 is 82.9 Å². The molecule has 0 unspecified atom stereocenters. The molecule has 19 heteroatoms. The van der Waals surface area contributed by atoms with E-state index in [2.05, 4.69) is 5.32 Å². The molecular formula is C24H48N6O13. The van der Waals surface area contributed by atoms with E-state index in [-0.39, 0.29) is 19.5 Å². The van der Waals surface area contributed by atoms with Crippen LogP contribution in [0.15, 0.2) is 0 Å². The van der Waals surface area contributed by atoms with Gasteiger partial charge in [-0.3, -0.25) is 5.21 Å². The molecule has 17 N–H and O–H groups in total. The number of carbonyl (C=O) groups is 1. The zero-order valence-corrected chi connectivity index (χ0v) is 23.7. The lowest BCUT2D eigenvalue weighted by atomic mass is 9.83. The maximum absolute atomic E-state index is 12.8. The molecule has 3 rings (SSSR count). The van der Waals surface area contributed by atoms with Crippen LogP contribution >= 0.6 is 0 Å². The summed E-state index contributed by atoms with van der Waals surface area (Å²) in [6, 6.07) is -4.43. The predicted octanol–water partition coefficient (Wildman–Crippen LogP) is -6.72. The van der Waals surface area contributed by atoms with Gasteiger partial charge in [0.25, 0.3) is 0 Å². The number of nitrogens with one attached hydrogen (secondary N) is 1. The third-order valence-corrected chi connectivity index (χ3v) is 8.06. The van der Waals surface area contributed by atoms with Crippen LogP contribution in [0.3, 0.4) is 0 Å². The molecule has 0 spiro atoms. The van der Waals surface area contributed by atoms with Gasteiger partial charge in [-0.05, 0) is 25.8 Å². The minimum absolute atomic E-state index is 0.0206. The molecule has 1 aliphatic carbocycles. The van der Waals surface area contributed by atoms with Crippen molar-refractivity contribution in [3.63, 3.8) is 0 Å². The van der Waals surface area contributed by atoms with Crippen LogP contribution < -0.4 is 28.3 Å². The number of hydrogen-bond acceptors (Lipinski definition) is 17. The SMILES string of the molecule is NCCCCCN(O)C(=O)N[C@H]1C[C@@H](N)[C@H](O[C@H]2O[C@H](CN)[C@@H](O)[C@H](O)[C@H]2O)[C@@H](O)[C@@H]1O[C@H]1O[C@H](CO)[C@@H](O)[C@H](N)[C@H]1O. The number of hydrogen-bond donors (Lipinski definition) is 13. The van der Waals surface area contributed by atoms with Crippen LogP contribution in [0.4, 0.5) is 4.79 Å². The number of amides is 2. The molecular weight excluding hydrogens is 580 g/mol. The molecule has 0 bridgehead atoms. The van der Waals surface area contributed by atoms with Crippen molar-refractivity contribution < 1.29 is 64.7 Å². The predicted molar refractivity (Wildman–Crippen MR) is 144 cm³/mol. The zero-order valence-electron chi connectivity index (χ0n) is 23.7. The topological polar surface area (TPSA) is 335 Å². The Balaban J connectivity index is 1.81. The van der Waals surface area contributed by atoms with E-state index >= 15 is 0 Å². The van der Waals surface area contributed by atoms with E-state index in [9.17, 15) is 45.7 Å². The van der Waals surface area contributed by atoms with E-state index in [4.69, 9.17) is 41.9 Å². The normalized spacial score (nSPS) is 43.8. The number of aliphatic hydroxyl groups is 7. The number of rotatable bonds is 12. The van der Waals surface area contributed by atoms with E-state index in [1.807, 2.05) is 0 Å². The summed E-state index contributed by atoms with van der Waals surface area (Å²) in [5.41, 5.74) is 23.2. The molecule has 3 fully saturated rings. The molecule has 0 aromatic carbocycles. The van der Waals surface area contributed by atoms with Crippen molar-refractivity contribution in [3.8, 4) is 0 Å². The average molecular weight is 629 g/mol. The van der Waals surface area contributed by atoms with Crippen LogP contribution in [-0.4, -0.2) is 170 Å². The van der Waals surface area contributed by atoms with E-state index in [1.165, 1.54) is 0 Å². The monoisotopic (exact) mass is 628 g/mol. The van der Waals surface area contributed by atoms with Gasteiger partial charge in [0.2, 0.25) is 0 Å². The fraction of sp³-hybridized carbons (Fsp3) is 0.958. The first-order chi connectivity index (χ1) is 20.4. The van der Waals surface area contributed by atoms with E-state index in [0.29, 0.717) is 30.9 Å². The molecule has 0 aromatic heterocycles. The lowest BCUT2D eigenvalue weighted by molar-refractivity contribution is -0.332. The van der Waals surface area contributed by atoms with Crippen LogP contribution in [0.1, 0.15) is 25.7 Å². The van der Waals surface area contributed by atoms with E-state index in [0.717, 1.165) is 0 Å². The van der Waals surface area contributed by atoms with Crippen molar-refractivity contribution >= 4 is 6.03 Å². The number of nitrogens with two attached hydrogens (primary N) is 4. The quantitative estimate of drug-likeness (QED) is 0.0542. The highest BCUT2D eigenvalue weighted by Crippen LogP contribution is 2.32. The summed E-state index contributed by atoms with van der Waals surface area (Å²) in [5.74, 6) is 0. The van der Waals surface area contributed by atoms with Crippen molar-refractivity contribution in [3.05, 3.63) is 0 Å². The van der Waals surface area contributed by atoms with Crippen LogP contribution in [0.5, 0.6) is 0 Å².